The second-order valence-electron chi connectivity index (χ2n) is 5.76. The Morgan fingerprint density at radius 1 is 1.00 bits per heavy atom. The number of amides is 1. The second-order valence-corrected chi connectivity index (χ2v) is 5.76. The zero-order valence-electron chi connectivity index (χ0n) is 13.7. The van der Waals surface area contributed by atoms with Crippen molar-refractivity contribution in [3.63, 3.8) is 0 Å². The molecule has 1 heterocycles. The minimum Gasteiger partial charge on any atom is -0.490 e. The monoisotopic (exact) mass is 341 g/mol. The molecule has 0 spiro atoms. The fourth-order valence-electron chi connectivity index (χ4n) is 2.51. The van der Waals surface area contributed by atoms with Gasteiger partial charge in [-0.25, -0.2) is 0 Å². The van der Waals surface area contributed by atoms with Gasteiger partial charge in [0, 0.05) is 24.1 Å². The molecule has 0 aromatic heterocycles. The number of benzene rings is 2. The molecular weight excluding hydrogens is 322 g/mol. The summed E-state index contributed by atoms with van der Waals surface area (Å²) in [5.74, 6) is 0.159. The van der Waals surface area contributed by atoms with E-state index in [1.807, 2.05) is 12.1 Å². The fraction of sp³-hybridized carbons (Fsp3) is 0.263. The lowest BCUT2D eigenvalue weighted by Gasteiger charge is -2.10. The zero-order valence-corrected chi connectivity index (χ0v) is 13.7. The maximum Gasteiger partial charge on any atom is 0.303 e. The van der Waals surface area contributed by atoms with Crippen molar-refractivity contribution in [2.45, 2.75) is 19.3 Å². The van der Waals surface area contributed by atoms with Crippen molar-refractivity contribution in [3.8, 4) is 11.5 Å². The summed E-state index contributed by atoms with van der Waals surface area (Å²) in [6, 6.07) is 12.3. The van der Waals surface area contributed by atoms with Crippen LogP contribution in [-0.4, -0.2) is 30.2 Å². The quantitative estimate of drug-likeness (QED) is 0.873. The molecule has 3 rings (SSSR count). The number of hydrogen-bond donors (Lipinski definition) is 2. The van der Waals surface area contributed by atoms with Gasteiger partial charge < -0.3 is 19.9 Å². The molecular formula is C19H19NO5. The normalized spacial score (nSPS) is 13.0. The van der Waals surface area contributed by atoms with Gasteiger partial charge in [-0.2, -0.15) is 0 Å². The van der Waals surface area contributed by atoms with E-state index in [4.69, 9.17) is 14.6 Å². The second kappa shape index (κ2) is 7.70. The predicted octanol–water partition coefficient (Wildman–Crippen LogP) is 3.12. The molecule has 0 aliphatic carbocycles. The number of ether oxygens (including phenoxy) is 2. The van der Waals surface area contributed by atoms with Gasteiger partial charge in [0.05, 0.1) is 13.2 Å². The highest BCUT2D eigenvalue weighted by atomic mass is 16.5. The number of rotatable bonds is 5. The van der Waals surface area contributed by atoms with Gasteiger partial charge in [0.1, 0.15) is 0 Å². The Kier molecular flexibility index (Phi) is 5.18. The minimum absolute atomic E-state index is 0.0862. The van der Waals surface area contributed by atoms with Crippen molar-refractivity contribution >= 4 is 17.6 Å². The van der Waals surface area contributed by atoms with E-state index in [-0.39, 0.29) is 12.3 Å². The summed E-state index contributed by atoms with van der Waals surface area (Å²) in [5.41, 5.74) is 2.05. The summed E-state index contributed by atoms with van der Waals surface area (Å²) in [7, 11) is 0. The van der Waals surface area contributed by atoms with Crippen LogP contribution in [-0.2, 0) is 11.2 Å². The lowest BCUT2D eigenvalue weighted by Crippen LogP contribution is -2.12. The number of aliphatic carboxylic acids is 1. The summed E-state index contributed by atoms with van der Waals surface area (Å²) >= 11 is 0. The maximum atomic E-state index is 12.4. The molecule has 0 unspecified atom stereocenters. The van der Waals surface area contributed by atoms with Crippen LogP contribution in [0.1, 0.15) is 28.8 Å². The standard InChI is InChI=1S/C19H19NO5/c21-18(22)9-4-13-2-6-15(7-3-13)20-19(23)14-5-8-16-17(12-14)25-11-1-10-24-16/h2-3,5-8,12H,1,4,9-11H2,(H,20,23)(H,21,22). The number of carboxylic acids is 1. The Labute approximate surface area is 145 Å². The molecule has 0 fully saturated rings. The molecule has 2 N–H and O–H groups in total. The highest BCUT2D eigenvalue weighted by Gasteiger charge is 2.14. The molecule has 1 amide bonds. The smallest absolute Gasteiger partial charge is 0.303 e. The largest absolute Gasteiger partial charge is 0.490 e. The lowest BCUT2D eigenvalue weighted by atomic mass is 10.1. The molecule has 6 heteroatoms. The van der Waals surface area contributed by atoms with Gasteiger partial charge in [0.25, 0.3) is 5.91 Å². The Morgan fingerprint density at radius 2 is 1.72 bits per heavy atom. The van der Waals surface area contributed by atoms with Gasteiger partial charge in [0.2, 0.25) is 0 Å². The predicted molar refractivity (Wildman–Crippen MR) is 92.4 cm³/mol. The van der Waals surface area contributed by atoms with Gasteiger partial charge in [-0.3, -0.25) is 9.59 Å². The maximum absolute atomic E-state index is 12.4. The van der Waals surface area contributed by atoms with Crippen LogP contribution in [0, 0.1) is 0 Å². The molecule has 25 heavy (non-hydrogen) atoms. The van der Waals surface area contributed by atoms with Crippen molar-refractivity contribution < 1.29 is 24.2 Å². The Bertz CT molecular complexity index is 770. The van der Waals surface area contributed by atoms with E-state index in [0.29, 0.717) is 42.4 Å². The fourth-order valence-corrected chi connectivity index (χ4v) is 2.51. The molecule has 1 aliphatic rings. The van der Waals surface area contributed by atoms with Crippen LogP contribution in [0.3, 0.4) is 0 Å². The third kappa shape index (κ3) is 4.50. The summed E-state index contributed by atoms with van der Waals surface area (Å²) in [6.07, 6.45) is 1.36. The van der Waals surface area contributed by atoms with Crippen molar-refractivity contribution in [1.29, 1.82) is 0 Å². The van der Waals surface area contributed by atoms with E-state index < -0.39 is 5.97 Å². The Balaban J connectivity index is 1.65. The summed E-state index contributed by atoms with van der Waals surface area (Å²) in [5, 5.41) is 11.5. The highest BCUT2D eigenvalue weighted by molar-refractivity contribution is 6.04. The number of aryl methyl sites for hydroxylation is 1. The molecule has 2 aromatic rings. The summed E-state index contributed by atoms with van der Waals surface area (Å²) in [4.78, 5) is 23.0. The van der Waals surface area contributed by atoms with E-state index >= 15 is 0 Å². The molecule has 1 aliphatic heterocycles. The zero-order chi connectivity index (χ0) is 17.6. The third-order valence-corrected chi connectivity index (χ3v) is 3.85. The van der Waals surface area contributed by atoms with E-state index in [1.165, 1.54) is 0 Å². The first-order chi connectivity index (χ1) is 12.1. The van der Waals surface area contributed by atoms with Crippen molar-refractivity contribution in [2.75, 3.05) is 18.5 Å². The van der Waals surface area contributed by atoms with Crippen LogP contribution in [0.4, 0.5) is 5.69 Å². The first kappa shape index (κ1) is 16.8. The average Bonchev–Trinajstić information content (AvgIpc) is 2.85. The van der Waals surface area contributed by atoms with Crippen molar-refractivity contribution in [1.82, 2.24) is 0 Å². The molecule has 0 saturated heterocycles. The highest BCUT2D eigenvalue weighted by Crippen LogP contribution is 2.30. The van der Waals surface area contributed by atoms with E-state index in [2.05, 4.69) is 5.32 Å². The first-order valence-corrected chi connectivity index (χ1v) is 8.13. The number of carbonyl (C=O) groups excluding carboxylic acids is 1. The lowest BCUT2D eigenvalue weighted by molar-refractivity contribution is -0.136. The number of carboxylic acid groups (broad SMARTS) is 1. The number of hydrogen-bond acceptors (Lipinski definition) is 4. The van der Waals surface area contributed by atoms with Crippen molar-refractivity contribution in [3.05, 3.63) is 53.6 Å². The molecule has 2 aromatic carbocycles. The van der Waals surface area contributed by atoms with Gasteiger partial charge in [-0.05, 0) is 42.3 Å². The van der Waals surface area contributed by atoms with E-state index in [9.17, 15) is 9.59 Å². The van der Waals surface area contributed by atoms with Crippen LogP contribution < -0.4 is 14.8 Å². The van der Waals surface area contributed by atoms with Crippen LogP contribution in [0.5, 0.6) is 11.5 Å². The van der Waals surface area contributed by atoms with Crippen LogP contribution >= 0.6 is 0 Å². The van der Waals surface area contributed by atoms with Gasteiger partial charge >= 0.3 is 5.97 Å². The van der Waals surface area contributed by atoms with Gasteiger partial charge in [0.15, 0.2) is 11.5 Å². The third-order valence-electron chi connectivity index (χ3n) is 3.85. The molecule has 0 atom stereocenters. The van der Waals surface area contributed by atoms with Gasteiger partial charge in [-0.15, -0.1) is 0 Å². The first-order valence-electron chi connectivity index (χ1n) is 8.13. The average molecular weight is 341 g/mol. The van der Waals surface area contributed by atoms with E-state index in [1.54, 1.807) is 30.3 Å². The number of nitrogens with one attached hydrogen (secondary N) is 1. The SMILES string of the molecule is O=C(O)CCc1ccc(NC(=O)c2ccc3c(c2)OCCCO3)cc1. The number of carbonyl (C=O) groups is 2. The van der Waals surface area contributed by atoms with Crippen LogP contribution in [0.25, 0.3) is 0 Å². The van der Waals surface area contributed by atoms with Crippen LogP contribution in [0.2, 0.25) is 0 Å². The molecule has 6 nitrogen and oxygen atoms in total. The van der Waals surface area contributed by atoms with E-state index in [0.717, 1.165) is 12.0 Å². The molecule has 0 saturated carbocycles. The van der Waals surface area contributed by atoms with Crippen LogP contribution in [0.15, 0.2) is 42.5 Å². The molecule has 0 bridgehead atoms. The van der Waals surface area contributed by atoms with Crippen molar-refractivity contribution in [2.24, 2.45) is 0 Å². The Hall–Kier alpha value is -3.02. The summed E-state index contributed by atoms with van der Waals surface area (Å²) < 4.78 is 11.2. The minimum atomic E-state index is -0.827. The topological polar surface area (TPSA) is 84.9 Å². The molecule has 0 radical (unpaired) electrons. The summed E-state index contributed by atoms with van der Waals surface area (Å²) in [6.45, 7) is 1.17. The molecule has 130 valence electrons. The van der Waals surface area contributed by atoms with Gasteiger partial charge in [-0.1, -0.05) is 12.1 Å². The number of anilines is 1. The number of fused-ring (bicyclic) bond motifs is 1. The Morgan fingerprint density at radius 3 is 2.44 bits per heavy atom.